The Morgan fingerprint density at radius 3 is 2.27 bits per heavy atom. The minimum absolute atomic E-state index is 0.775. The normalized spacial score (nSPS) is 13.6. The third kappa shape index (κ3) is 11.5. The summed E-state index contributed by atoms with van der Waals surface area (Å²) in [6, 6.07) is 18.9. The number of hydrogen-bond donors (Lipinski definition) is 3. The lowest BCUT2D eigenvalue weighted by atomic mass is 10.0. The average Bonchev–Trinajstić information content (AvgIpc) is 2.83. The molecule has 33 heavy (non-hydrogen) atoms. The van der Waals surface area contributed by atoms with Crippen molar-refractivity contribution in [2.75, 3.05) is 52.5 Å². The van der Waals surface area contributed by atoms with Gasteiger partial charge in [-0.15, -0.1) is 0 Å². The first-order valence-electron chi connectivity index (χ1n) is 11.3. The highest BCUT2D eigenvalue weighted by Gasteiger charge is 2.09. The summed E-state index contributed by atoms with van der Waals surface area (Å²) >= 11 is 0. The van der Waals surface area contributed by atoms with Gasteiger partial charge in [0.05, 0.1) is 19.8 Å². The zero-order valence-electron chi connectivity index (χ0n) is 18.9. The summed E-state index contributed by atoms with van der Waals surface area (Å²) in [6.07, 6.45) is 3.13. The summed E-state index contributed by atoms with van der Waals surface area (Å²) < 4.78 is 11.4. The molecule has 0 atom stereocenters. The van der Waals surface area contributed by atoms with E-state index in [-0.39, 0.29) is 0 Å². The zero-order valence-corrected chi connectivity index (χ0v) is 18.9. The van der Waals surface area contributed by atoms with Gasteiger partial charge in [-0.1, -0.05) is 48.5 Å². The van der Waals surface area contributed by atoms with E-state index in [1.54, 1.807) is 0 Å². The van der Waals surface area contributed by atoms with Gasteiger partial charge in [0.25, 0.3) is 0 Å². The first-order chi connectivity index (χ1) is 16.1. The van der Waals surface area contributed by atoms with Crippen molar-refractivity contribution in [1.29, 1.82) is 0 Å². The minimum Gasteiger partial charge on any atom is -0.493 e. The van der Waals surface area contributed by atoms with Crippen molar-refractivity contribution in [3.8, 4) is 5.75 Å². The lowest BCUT2D eigenvalue weighted by Gasteiger charge is -2.26. The van der Waals surface area contributed by atoms with Crippen LogP contribution in [0, 0.1) is 0 Å². The molecule has 1 aliphatic rings. The van der Waals surface area contributed by atoms with E-state index < -0.39 is 11.9 Å². The number of hydrogen-bond acceptors (Lipinski definition) is 6. The number of rotatable bonds is 11. The number of carboxylic acid groups (broad SMARTS) is 2. The number of ether oxygens (including phenoxy) is 2. The van der Waals surface area contributed by atoms with Gasteiger partial charge in [-0.2, -0.15) is 0 Å². The second-order valence-corrected chi connectivity index (χ2v) is 7.64. The van der Waals surface area contributed by atoms with Crippen molar-refractivity contribution in [1.82, 2.24) is 10.2 Å². The smallest absolute Gasteiger partial charge is 0.414 e. The Labute approximate surface area is 195 Å². The Bertz CT molecular complexity index is 813. The summed E-state index contributed by atoms with van der Waals surface area (Å²) in [4.78, 5) is 20.7. The van der Waals surface area contributed by atoms with Crippen LogP contribution < -0.4 is 10.1 Å². The molecule has 0 aromatic heterocycles. The van der Waals surface area contributed by atoms with Crippen molar-refractivity contribution in [3.05, 3.63) is 65.7 Å². The molecule has 0 radical (unpaired) electrons. The molecule has 0 spiro atoms. The second-order valence-electron chi connectivity index (χ2n) is 7.64. The van der Waals surface area contributed by atoms with Crippen molar-refractivity contribution >= 4 is 11.9 Å². The van der Waals surface area contributed by atoms with Gasteiger partial charge in [-0.05, 0) is 36.6 Å². The molecule has 180 valence electrons. The molecule has 0 amide bonds. The van der Waals surface area contributed by atoms with Crippen LogP contribution in [-0.4, -0.2) is 79.6 Å². The summed E-state index contributed by atoms with van der Waals surface area (Å²) in [6.45, 7) is 7.89. The molecule has 8 nitrogen and oxygen atoms in total. The molecule has 2 aromatic carbocycles. The maximum Gasteiger partial charge on any atom is 0.414 e. The molecule has 0 aliphatic carbocycles. The van der Waals surface area contributed by atoms with Crippen LogP contribution in [0.25, 0.3) is 0 Å². The van der Waals surface area contributed by atoms with E-state index in [4.69, 9.17) is 29.3 Å². The zero-order chi connectivity index (χ0) is 23.7. The first-order valence-corrected chi connectivity index (χ1v) is 11.3. The molecule has 3 N–H and O–H groups in total. The van der Waals surface area contributed by atoms with E-state index in [2.05, 4.69) is 64.8 Å². The van der Waals surface area contributed by atoms with Crippen molar-refractivity contribution in [2.45, 2.75) is 19.3 Å². The SMILES string of the molecule is O=C(O)C(=O)O.c1ccc(Cc2ccccc2OCCCCNCCN2CCOCC2)cc1. The number of nitrogens with one attached hydrogen (secondary N) is 1. The molecule has 1 fully saturated rings. The van der Waals surface area contributed by atoms with Crippen LogP contribution >= 0.6 is 0 Å². The van der Waals surface area contributed by atoms with Crippen molar-refractivity contribution in [2.24, 2.45) is 0 Å². The second kappa shape index (κ2) is 15.8. The summed E-state index contributed by atoms with van der Waals surface area (Å²) in [5.74, 6) is -2.63. The van der Waals surface area contributed by atoms with Gasteiger partial charge < -0.3 is 25.0 Å². The molecule has 0 saturated carbocycles. The molecule has 0 unspecified atom stereocenters. The Morgan fingerprint density at radius 2 is 1.58 bits per heavy atom. The van der Waals surface area contributed by atoms with Crippen LogP contribution in [0.5, 0.6) is 5.75 Å². The van der Waals surface area contributed by atoms with Gasteiger partial charge in [0.2, 0.25) is 0 Å². The monoisotopic (exact) mass is 458 g/mol. The molecule has 1 saturated heterocycles. The number of morpholine rings is 1. The van der Waals surface area contributed by atoms with Gasteiger partial charge in [0.1, 0.15) is 5.75 Å². The summed E-state index contributed by atoms with van der Waals surface area (Å²) in [5.41, 5.74) is 2.57. The fraction of sp³-hybridized carbons (Fsp3) is 0.440. The van der Waals surface area contributed by atoms with E-state index >= 15 is 0 Å². The van der Waals surface area contributed by atoms with E-state index in [1.165, 1.54) is 11.1 Å². The number of aliphatic carboxylic acids is 2. The molecule has 1 aliphatic heterocycles. The quantitative estimate of drug-likeness (QED) is 0.348. The number of para-hydroxylation sites is 1. The Kier molecular flexibility index (Phi) is 12.6. The number of carboxylic acids is 2. The van der Waals surface area contributed by atoms with Crippen LogP contribution in [0.1, 0.15) is 24.0 Å². The molecule has 2 aromatic rings. The average molecular weight is 459 g/mol. The lowest BCUT2D eigenvalue weighted by molar-refractivity contribution is -0.159. The highest BCUT2D eigenvalue weighted by atomic mass is 16.5. The molecule has 0 bridgehead atoms. The number of nitrogens with zero attached hydrogens (tertiary/aromatic N) is 1. The minimum atomic E-state index is -1.82. The van der Waals surface area contributed by atoms with Crippen molar-refractivity contribution < 1.29 is 29.3 Å². The largest absolute Gasteiger partial charge is 0.493 e. The molecule has 8 heteroatoms. The molecule has 1 heterocycles. The fourth-order valence-corrected chi connectivity index (χ4v) is 3.33. The third-order valence-corrected chi connectivity index (χ3v) is 5.11. The van der Waals surface area contributed by atoms with Crippen LogP contribution in [0.15, 0.2) is 54.6 Å². The fourth-order valence-electron chi connectivity index (χ4n) is 3.33. The topological polar surface area (TPSA) is 108 Å². The van der Waals surface area contributed by atoms with E-state index in [0.29, 0.717) is 0 Å². The van der Waals surface area contributed by atoms with Crippen LogP contribution in [0.4, 0.5) is 0 Å². The maximum atomic E-state index is 9.10. The van der Waals surface area contributed by atoms with Crippen LogP contribution in [-0.2, 0) is 20.7 Å². The van der Waals surface area contributed by atoms with Gasteiger partial charge in [-0.3, -0.25) is 4.90 Å². The highest BCUT2D eigenvalue weighted by Crippen LogP contribution is 2.21. The van der Waals surface area contributed by atoms with Gasteiger partial charge in [0, 0.05) is 32.6 Å². The van der Waals surface area contributed by atoms with E-state index in [0.717, 1.165) is 77.6 Å². The van der Waals surface area contributed by atoms with E-state index in [9.17, 15) is 0 Å². The summed E-state index contributed by atoms with van der Waals surface area (Å²) in [5, 5.41) is 18.3. The Balaban J connectivity index is 0.000000569. The van der Waals surface area contributed by atoms with E-state index in [1.807, 2.05) is 0 Å². The van der Waals surface area contributed by atoms with Crippen LogP contribution in [0.2, 0.25) is 0 Å². The van der Waals surface area contributed by atoms with Crippen molar-refractivity contribution in [3.63, 3.8) is 0 Å². The molecular weight excluding hydrogens is 424 g/mol. The van der Waals surface area contributed by atoms with Crippen LogP contribution in [0.3, 0.4) is 0 Å². The maximum absolute atomic E-state index is 9.10. The number of unbranched alkanes of at least 4 members (excludes halogenated alkanes) is 1. The van der Waals surface area contributed by atoms with Gasteiger partial charge in [-0.25, -0.2) is 9.59 Å². The first kappa shape index (κ1) is 26.3. The molecular formula is C25H34N2O6. The Hall–Kier alpha value is -2.94. The Morgan fingerprint density at radius 1 is 0.909 bits per heavy atom. The number of carbonyl (C=O) groups is 2. The highest BCUT2D eigenvalue weighted by molar-refractivity contribution is 6.27. The van der Waals surface area contributed by atoms with Gasteiger partial charge in [0.15, 0.2) is 0 Å². The third-order valence-electron chi connectivity index (χ3n) is 5.11. The molecule has 3 rings (SSSR count). The summed E-state index contributed by atoms with van der Waals surface area (Å²) in [7, 11) is 0. The lowest BCUT2D eigenvalue weighted by Crippen LogP contribution is -2.40. The number of benzene rings is 2. The predicted molar refractivity (Wildman–Crippen MR) is 126 cm³/mol. The van der Waals surface area contributed by atoms with Gasteiger partial charge >= 0.3 is 11.9 Å². The predicted octanol–water partition coefficient (Wildman–Crippen LogP) is 2.51. The standard InChI is InChI=1S/C23H32N2O2.C2H2O4/c1-2-8-21(9-3-1)20-22-10-4-5-11-23(22)27-17-7-6-12-24-13-14-25-15-18-26-19-16-25;3-1(4)2(5)6/h1-5,8-11,24H,6-7,12-20H2;(H,3,4)(H,5,6).